The van der Waals surface area contributed by atoms with Gasteiger partial charge in [-0.2, -0.15) is 5.26 Å². The third kappa shape index (κ3) is 1.78. The van der Waals surface area contributed by atoms with Crippen LogP contribution < -0.4 is 0 Å². The number of fused-ring (bicyclic) bond motifs is 2. The largest absolute Gasteiger partial charge is 0.342 e. The molecule has 4 heterocycles. The van der Waals surface area contributed by atoms with Crippen LogP contribution >= 0.6 is 0 Å². The molecular weight excluding hydrogens is 270 g/mol. The zero-order chi connectivity index (χ0) is 14.2. The van der Waals surface area contributed by atoms with Crippen molar-refractivity contribution in [3.8, 4) is 6.07 Å². The fraction of sp³-hybridized carbons (Fsp3) is 0.0833. The molecule has 0 aliphatic rings. The summed E-state index contributed by atoms with van der Waals surface area (Å²) in [5.41, 5.74) is 2.42. The van der Waals surface area contributed by atoms with Gasteiger partial charge in [-0.05, 0) is 0 Å². The average molecular weight is 277 g/mol. The Morgan fingerprint density at radius 3 is 1.86 bits per heavy atom. The average Bonchev–Trinajstić information content (AvgIpc) is 3.15. The summed E-state index contributed by atoms with van der Waals surface area (Å²) in [7, 11) is 0. The lowest BCUT2D eigenvalue weighted by Gasteiger charge is -2.05. The molecule has 9 heteroatoms. The molecule has 4 aromatic rings. The first-order valence-corrected chi connectivity index (χ1v) is 6.07. The van der Waals surface area contributed by atoms with E-state index in [1.807, 2.05) is 0 Å². The molecule has 0 spiro atoms. The fourth-order valence-corrected chi connectivity index (χ4v) is 2.01. The third-order valence-electron chi connectivity index (χ3n) is 3.03. The lowest BCUT2D eigenvalue weighted by atomic mass is 10.1. The van der Waals surface area contributed by atoms with Gasteiger partial charge >= 0.3 is 0 Å². The summed E-state index contributed by atoms with van der Waals surface area (Å²) in [6.07, 6.45) is 6.22. The fourth-order valence-electron chi connectivity index (χ4n) is 2.01. The normalized spacial score (nSPS) is 11.2. The molecule has 0 aliphatic heterocycles. The van der Waals surface area contributed by atoms with Gasteiger partial charge in [-0.1, -0.05) is 0 Å². The van der Waals surface area contributed by atoms with Crippen LogP contribution in [0.5, 0.6) is 0 Å². The van der Waals surface area contributed by atoms with Crippen LogP contribution in [0.2, 0.25) is 0 Å². The van der Waals surface area contributed by atoms with Gasteiger partial charge < -0.3 is 9.97 Å². The summed E-state index contributed by atoms with van der Waals surface area (Å²) in [5.74, 6) is -0.147. The number of aromatic nitrogens is 8. The van der Waals surface area contributed by atoms with E-state index in [1.165, 1.54) is 12.7 Å². The van der Waals surface area contributed by atoms with Crippen molar-refractivity contribution in [3.63, 3.8) is 0 Å². The summed E-state index contributed by atoms with van der Waals surface area (Å²) in [4.78, 5) is 30.8. The van der Waals surface area contributed by atoms with Crippen molar-refractivity contribution in [2.24, 2.45) is 0 Å². The highest BCUT2D eigenvalue weighted by atomic mass is 15.0. The Morgan fingerprint density at radius 2 is 1.38 bits per heavy atom. The van der Waals surface area contributed by atoms with E-state index in [-0.39, 0.29) is 0 Å². The van der Waals surface area contributed by atoms with E-state index < -0.39 is 5.92 Å². The second-order valence-corrected chi connectivity index (χ2v) is 4.30. The first kappa shape index (κ1) is 11.4. The molecule has 0 amide bonds. The predicted molar refractivity (Wildman–Crippen MR) is 70.8 cm³/mol. The highest BCUT2D eigenvalue weighted by Crippen LogP contribution is 2.19. The van der Waals surface area contributed by atoms with E-state index in [0.717, 1.165) is 0 Å². The highest BCUT2D eigenvalue weighted by Gasteiger charge is 2.21. The van der Waals surface area contributed by atoms with Crippen molar-refractivity contribution >= 4 is 22.3 Å². The summed E-state index contributed by atoms with van der Waals surface area (Å²) in [5, 5.41) is 9.41. The number of hydrogen-bond acceptors (Lipinski definition) is 7. The number of nitriles is 1. The first-order chi connectivity index (χ1) is 10.3. The Kier molecular flexibility index (Phi) is 2.34. The maximum absolute atomic E-state index is 9.41. The van der Waals surface area contributed by atoms with Crippen LogP contribution in [0, 0.1) is 11.3 Å². The second-order valence-electron chi connectivity index (χ2n) is 4.30. The van der Waals surface area contributed by atoms with Gasteiger partial charge in [0.2, 0.25) is 0 Å². The molecule has 2 N–H and O–H groups in total. The van der Waals surface area contributed by atoms with Crippen LogP contribution in [-0.4, -0.2) is 39.9 Å². The van der Waals surface area contributed by atoms with Gasteiger partial charge in [0.15, 0.2) is 28.9 Å². The van der Waals surface area contributed by atoms with Crippen LogP contribution in [0.4, 0.5) is 0 Å². The number of imidazole rings is 2. The maximum Gasteiger partial charge on any atom is 0.180 e. The standard InChI is InChI=1S/C12H7N9/c13-1-6(9-14-2-7-11(20-9)18-4-16-7)10-15-3-8-12(21-10)19-5-17-8/h2-6H,(H,14,16,18,20)(H,15,17,19,21). The maximum atomic E-state index is 9.41. The molecule has 0 atom stereocenters. The van der Waals surface area contributed by atoms with Gasteiger partial charge in [-0.25, -0.2) is 29.9 Å². The zero-order valence-corrected chi connectivity index (χ0v) is 10.5. The van der Waals surface area contributed by atoms with E-state index in [0.29, 0.717) is 34.0 Å². The molecule has 0 saturated carbocycles. The van der Waals surface area contributed by atoms with Crippen molar-refractivity contribution in [1.29, 1.82) is 5.26 Å². The molecule has 0 saturated heterocycles. The first-order valence-electron chi connectivity index (χ1n) is 6.07. The van der Waals surface area contributed by atoms with Gasteiger partial charge in [0.25, 0.3) is 0 Å². The van der Waals surface area contributed by atoms with Gasteiger partial charge in [0.05, 0.1) is 31.1 Å². The molecule has 0 aliphatic carbocycles. The van der Waals surface area contributed by atoms with E-state index in [1.54, 1.807) is 12.4 Å². The molecule has 0 radical (unpaired) electrons. The number of nitrogens with one attached hydrogen (secondary N) is 2. The van der Waals surface area contributed by atoms with Crippen LogP contribution in [0.1, 0.15) is 17.6 Å². The minimum Gasteiger partial charge on any atom is -0.342 e. The molecule has 0 fully saturated rings. The molecule has 4 aromatic heterocycles. The minimum absolute atomic E-state index is 0.312. The molecule has 0 bridgehead atoms. The number of aromatic amines is 2. The summed E-state index contributed by atoms with van der Waals surface area (Å²) >= 11 is 0. The van der Waals surface area contributed by atoms with Gasteiger partial charge in [-0.3, -0.25) is 0 Å². The van der Waals surface area contributed by atoms with Crippen molar-refractivity contribution in [2.75, 3.05) is 0 Å². The summed E-state index contributed by atoms with van der Waals surface area (Å²) in [6, 6.07) is 2.12. The quantitative estimate of drug-likeness (QED) is 0.550. The zero-order valence-electron chi connectivity index (χ0n) is 10.5. The smallest absolute Gasteiger partial charge is 0.180 e. The van der Waals surface area contributed by atoms with Crippen LogP contribution in [-0.2, 0) is 0 Å². The topological polar surface area (TPSA) is 133 Å². The van der Waals surface area contributed by atoms with Crippen LogP contribution in [0.25, 0.3) is 22.3 Å². The van der Waals surface area contributed by atoms with Crippen molar-refractivity contribution < 1.29 is 0 Å². The Bertz CT molecular complexity index is 903. The van der Waals surface area contributed by atoms with E-state index in [9.17, 15) is 5.26 Å². The van der Waals surface area contributed by atoms with Crippen LogP contribution in [0.15, 0.2) is 25.0 Å². The predicted octanol–water partition coefficient (Wildman–Crippen LogP) is 0.675. The number of rotatable bonds is 2. The number of hydrogen-bond donors (Lipinski definition) is 2. The molecule has 9 nitrogen and oxygen atoms in total. The van der Waals surface area contributed by atoms with E-state index in [2.05, 4.69) is 45.9 Å². The summed E-state index contributed by atoms with van der Waals surface area (Å²) < 4.78 is 0. The minimum atomic E-state index is -0.771. The number of nitrogens with zero attached hydrogens (tertiary/aromatic N) is 7. The van der Waals surface area contributed by atoms with E-state index in [4.69, 9.17) is 0 Å². The highest BCUT2D eigenvalue weighted by molar-refractivity contribution is 5.69. The van der Waals surface area contributed by atoms with Gasteiger partial charge in [0.1, 0.15) is 11.0 Å². The van der Waals surface area contributed by atoms with Crippen LogP contribution in [0.3, 0.4) is 0 Å². The Morgan fingerprint density at radius 1 is 0.857 bits per heavy atom. The Balaban J connectivity index is 1.84. The Labute approximate surface area is 117 Å². The second kappa shape index (κ2) is 4.31. The molecule has 0 aromatic carbocycles. The Hall–Kier alpha value is -3.41. The van der Waals surface area contributed by atoms with Crippen molar-refractivity contribution in [3.05, 3.63) is 36.7 Å². The SMILES string of the molecule is N#CC(c1ncc2[nH]cnc2n1)c1ncc2[nH]cnc2n1. The molecule has 0 unspecified atom stereocenters. The lowest BCUT2D eigenvalue weighted by molar-refractivity contribution is 0.831. The summed E-state index contributed by atoms with van der Waals surface area (Å²) in [6.45, 7) is 0. The molecule has 4 rings (SSSR count). The monoisotopic (exact) mass is 277 g/mol. The van der Waals surface area contributed by atoms with Gasteiger partial charge in [-0.15, -0.1) is 0 Å². The molecule has 100 valence electrons. The van der Waals surface area contributed by atoms with Crippen molar-refractivity contribution in [2.45, 2.75) is 5.92 Å². The lowest BCUT2D eigenvalue weighted by Crippen LogP contribution is -2.08. The van der Waals surface area contributed by atoms with E-state index >= 15 is 0 Å². The third-order valence-corrected chi connectivity index (χ3v) is 3.03. The molecular formula is C12H7N9. The molecule has 21 heavy (non-hydrogen) atoms. The number of H-pyrrole nitrogens is 2. The van der Waals surface area contributed by atoms with Gasteiger partial charge in [0, 0.05) is 0 Å². The van der Waals surface area contributed by atoms with Crippen molar-refractivity contribution in [1.82, 2.24) is 39.9 Å².